The van der Waals surface area contributed by atoms with Crippen molar-refractivity contribution in [1.82, 2.24) is 24.8 Å². The molecule has 5 heterocycles. The van der Waals surface area contributed by atoms with Crippen molar-refractivity contribution < 1.29 is 23.0 Å². The molecule has 0 aliphatic carbocycles. The number of piperazine rings is 1. The molecule has 7 rings (SSSR count). The molecule has 2 aromatic heterocycles. The Balaban J connectivity index is 1.24. The van der Waals surface area contributed by atoms with Crippen LogP contribution < -0.4 is 9.64 Å². The van der Waals surface area contributed by atoms with Crippen LogP contribution in [0.2, 0.25) is 5.02 Å². The van der Waals surface area contributed by atoms with Gasteiger partial charge in [0.05, 0.1) is 43.2 Å². The monoisotopic (exact) mass is 659 g/mol. The van der Waals surface area contributed by atoms with E-state index >= 15 is 4.39 Å². The predicted molar refractivity (Wildman–Crippen MR) is 173 cm³/mol. The topological polar surface area (TPSA) is 108 Å². The second-order valence-corrected chi connectivity index (χ2v) is 12.5. The molecule has 1 amide bonds. The second kappa shape index (κ2) is 13.0. The number of aromatic nitrogens is 3. The van der Waals surface area contributed by atoms with Crippen LogP contribution in [0, 0.1) is 17.1 Å². The van der Waals surface area contributed by atoms with E-state index in [0.29, 0.717) is 45.9 Å². The van der Waals surface area contributed by atoms with Gasteiger partial charge in [-0.15, -0.1) is 0 Å². The zero-order chi connectivity index (χ0) is 32.7. The van der Waals surface area contributed by atoms with E-state index in [4.69, 9.17) is 26.1 Å². The zero-order valence-electron chi connectivity index (χ0n) is 25.5. The lowest BCUT2D eigenvalue weighted by atomic mass is 10.0. The van der Waals surface area contributed by atoms with E-state index in [-0.39, 0.29) is 43.3 Å². The third kappa shape index (κ3) is 5.95. The first-order valence-electron chi connectivity index (χ1n) is 15.6. The molecule has 3 aliphatic heterocycles. The number of nitrogens with zero attached hydrogens (tertiary/aromatic N) is 7. The molecule has 4 aromatic rings. The number of fused-ring (bicyclic) bond motifs is 4. The molecule has 3 saturated heterocycles. The number of benzene rings is 2. The number of amides is 1. The molecule has 2 bridgehead atoms. The highest BCUT2D eigenvalue weighted by molar-refractivity contribution is 6.36. The van der Waals surface area contributed by atoms with Gasteiger partial charge in [0.1, 0.15) is 17.0 Å². The summed E-state index contributed by atoms with van der Waals surface area (Å²) in [4.78, 5) is 31.8. The maximum Gasteiger partial charge on any atom is 0.319 e. The average molecular weight is 660 g/mol. The minimum atomic E-state index is -1.09. The summed E-state index contributed by atoms with van der Waals surface area (Å²) in [5.41, 5.74) is 0.615. The lowest BCUT2D eigenvalue weighted by Gasteiger charge is -2.41. The van der Waals surface area contributed by atoms with Gasteiger partial charge in [-0.1, -0.05) is 48.5 Å². The minimum absolute atomic E-state index is 0.00162. The van der Waals surface area contributed by atoms with Crippen LogP contribution in [0.5, 0.6) is 6.01 Å². The Labute approximate surface area is 275 Å². The number of ether oxygens (including phenoxy) is 2. The molecule has 0 radical (unpaired) electrons. The van der Waals surface area contributed by atoms with Gasteiger partial charge < -0.3 is 19.3 Å². The van der Waals surface area contributed by atoms with Gasteiger partial charge in [-0.25, -0.2) is 8.78 Å². The highest BCUT2D eigenvalue weighted by atomic mass is 35.5. The number of pyridine rings is 1. The van der Waals surface area contributed by atoms with Crippen LogP contribution in [-0.2, 0) is 9.53 Å². The molecule has 2 aromatic carbocycles. The fraction of sp³-hybridized carbons (Fsp3) is 0.382. The number of carbonyl (C=O) groups excluding carboxylic acids is 1. The van der Waals surface area contributed by atoms with Gasteiger partial charge in [0.2, 0.25) is 0 Å². The number of hydrogen-bond acceptors (Lipinski definition) is 9. The van der Waals surface area contributed by atoms with Gasteiger partial charge >= 0.3 is 6.01 Å². The van der Waals surface area contributed by atoms with Crippen LogP contribution in [0.15, 0.2) is 55.0 Å². The zero-order valence-corrected chi connectivity index (χ0v) is 26.3. The summed E-state index contributed by atoms with van der Waals surface area (Å²) in [5, 5.41) is 11.8. The maximum absolute atomic E-state index is 16.6. The molecular weight excluding hydrogens is 628 g/mol. The van der Waals surface area contributed by atoms with Crippen LogP contribution in [0.1, 0.15) is 19.3 Å². The lowest BCUT2D eigenvalue weighted by Crippen LogP contribution is -2.55. The van der Waals surface area contributed by atoms with Crippen molar-refractivity contribution in [3.63, 3.8) is 0 Å². The smallest absolute Gasteiger partial charge is 0.319 e. The quantitative estimate of drug-likeness (QED) is 0.175. The van der Waals surface area contributed by atoms with Gasteiger partial charge in [-0.05, 0) is 24.3 Å². The standard InChI is InChI=1S/C34H32ClF2N7O3/c1-20(36)33(45)44-13-12-43(17-22(44)9-10-38)32-26-16-39-30(25-7-2-5-21-6-3-8-27(35)28(21)25)29(37)31(26)40-34(41-32)46-14-4-11-42-18-24-15-23(42)19-47-24/h2-3,5-8,16,22-24H,1,4,9,11-15,17-19H2/t22-,23-,24-/m0/s1. The van der Waals surface area contributed by atoms with E-state index in [0.717, 1.165) is 37.9 Å². The molecule has 0 N–H and O–H groups in total. The SMILES string of the molecule is C=C(F)C(=O)N1CCN(c2nc(OCCCN3C[C@@H]4C[C@H]3CO4)nc3c(F)c(-c4cccc5cccc(Cl)c45)ncc23)C[C@@H]1CC#N. The molecule has 3 fully saturated rings. The summed E-state index contributed by atoms with van der Waals surface area (Å²) < 4.78 is 42.2. The third-order valence-corrected chi connectivity index (χ3v) is 9.50. The van der Waals surface area contributed by atoms with Crippen molar-refractivity contribution in [2.24, 2.45) is 0 Å². The fourth-order valence-corrected chi connectivity index (χ4v) is 7.23. The van der Waals surface area contributed by atoms with E-state index < -0.39 is 23.6 Å². The first-order valence-corrected chi connectivity index (χ1v) is 16.0. The summed E-state index contributed by atoms with van der Waals surface area (Å²) >= 11 is 6.57. The molecule has 10 nitrogen and oxygen atoms in total. The Morgan fingerprint density at radius 2 is 2.02 bits per heavy atom. The molecule has 242 valence electrons. The summed E-state index contributed by atoms with van der Waals surface area (Å²) in [5.74, 6) is -2.26. The summed E-state index contributed by atoms with van der Waals surface area (Å²) in [6, 6.07) is 12.8. The Kier molecular flexibility index (Phi) is 8.61. The average Bonchev–Trinajstić information content (AvgIpc) is 3.70. The van der Waals surface area contributed by atoms with Gasteiger partial charge in [0.15, 0.2) is 11.6 Å². The van der Waals surface area contributed by atoms with E-state index in [1.165, 1.54) is 11.1 Å². The largest absolute Gasteiger partial charge is 0.463 e. The first-order chi connectivity index (χ1) is 22.8. The van der Waals surface area contributed by atoms with Gasteiger partial charge in [0, 0.05) is 60.9 Å². The number of likely N-dealkylation sites (tertiary alicyclic amines) is 1. The van der Waals surface area contributed by atoms with E-state index in [9.17, 15) is 14.4 Å². The van der Waals surface area contributed by atoms with Gasteiger partial charge in [0.25, 0.3) is 5.91 Å². The normalized spacial score (nSPS) is 21.0. The summed E-state index contributed by atoms with van der Waals surface area (Å²) in [6.45, 7) is 6.46. The van der Waals surface area contributed by atoms with E-state index in [1.54, 1.807) is 12.1 Å². The maximum atomic E-state index is 16.6. The Bertz CT molecular complexity index is 1920. The number of hydrogen-bond donors (Lipinski definition) is 0. The number of morpholine rings is 1. The van der Waals surface area contributed by atoms with Crippen molar-refractivity contribution in [3.8, 4) is 23.3 Å². The van der Waals surface area contributed by atoms with Crippen molar-refractivity contribution in [3.05, 3.63) is 65.8 Å². The van der Waals surface area contributed by atoms with Crippen LogP contribution in [-0.4, -0.2) is 94.8 Å². The third-order valence-electron chi connectivity index (χ3n) is 9.19. The van der Waals surface area contributed by atoms with Gasteiger partial charge in [-0.2, -0.15) is 15.2 Å². The summed E-state index contributed by atoms with van der Waals surface area (Å²) in [7, 11) is 0. The number of carbonyl (C=O) groups is 1. The molecule has 0 saturated carbocycles. The highest BCUT2D eigenvalue weighted by Crippen LogP contribution is 2.38. The summed E-state index contributed by atoms with van der Waals surface area (Å²) in [6.07, 6.45) is 3.56. The molecule has 13 heteroatoms. The number of nitriles is 1. The number of anilines is 1. The molecule has 0 spiro atoms. The molecule has 3 aliphatic rings. The van der Waals surface area contributed by atoms with E-state index in [1.807, 2.05) is 29.2 Å². The molecule has 3 atom stereocenters. The number of halogens is 3. The van der Waals surface area contributed by atoms with Crippen molar-refractivity contribution in [2.45, 2.75) is 37.5 Å². The Morgan fingerprint density at radius 1 is 1.19 bits per heavy atom. The van der Waals surface area contributed by atoms with Crippen LogP contribution in [0.3, 0.4) is 0 Å². The van der Waals surface area contributed by atoms with Crippen LogP contribution in [0.4, 0.5) is 14.6 Å². The molecular formula is C34H32ClF2N7O3. The van der Waals surface area contributed by atoms with E-state index in [2.05, 4.69) is 27.5 Å². The minimum Gasteiger partial charge on any atom is -0.463 e. The van der Waals surface area contributed by atoms with Crippen molar-refractivity contribution >= 4 is 45.0 Å². The lowest BCUT2D eigenvalue weighted by molar-refractivity contribution is -0.131. The number of rotatable bonds is 9. The highest BCUT2D eigenvalue weighted by Gasteiger charge is 2.38. The fourth-order valence-electron chi connectivity index (χ4n) is 6.94. The molecule has 47 heavy (non-hydrogen) atoms. The van der Waals surface area contributed by atoms with Crippen molar-refractivity contribution in [1.29, 1.82) is 5.26 Å². The van der Waals surface area contributed by atoms with Crippen LogP contribution in [0.25, 0.3) is 32.9 Å². The predicted octanol–water partition coefficient (Wildman–Crippen LogP) is 5.29. The Hall–Kier alpha value is -4.44. The van der Waals surface area contributed by atoms with Gasteiger partial charge in [-0.3, -0.25) is 14.7 Å². The second-order valence-electron chi connectivity index (χ2n) is 12.1. The first kappa shape index (κ1) is 31.2. The van der Waals surface area contributed by atoms with Crippen molar-refractivity contribution in [2.75, 3.05) is 50.8 Å². The Morgan fingerprint density at radius 3 is 2.77 bits per heavy atom. The molecule has 0 unspecified atom stereocenters. The van der Waals surface area contributed by atoms with Crippen LogP contribution >= 0.6 is 11.6 Å².